The summed E-state index contributed by atoms with van der Waals surface area (Å²) in [6.45, 7) is 3.97. The van der Waals surface area contributed by atoms with Crippen LogP contribution in [0.5, 0.6) is 5.75 Å². The van der Waals surface area contributed by atoms with Crippen LogP contribution in [-0.4, -0.2) is 10.8 Å². The fourth-order valence-corrected chi connectivity index (χ4v) is 2.46. The molecule has 3 nitrogen and oxygen atoms in total. The summed E-state index contributed by atoms with van der Waals surface area (Å²) < 4.78 is 5.83. The van der Waals surface area contributed by atoms with Gasteiger partial charge in [0.1, 0.15) is 12.4 Å². The van der Waals surface area contributed by atoms with Crippen molar-refractivity contribution in [2.75, 3.05) is 0 Å². The van der Waals surface area contributed by atoms with Crippen LogP contribution in [-0.2, 0) is 6.61 Å². The summed E-state index contributed by atoms with van der Waals surface area (Å²) in [4.78, 5) is 16.3. The Hall–Kier alpha value is -2.68. The third kappa shape index (κ3) is 2.98. The second-order valence-corrected chi connectivity index (χ2v) is 5.32. The molecular formula is C19H17NO2. The van der Waals surface area contributed by atoms with E-state index >= 15 is 0 Å². The molecule has 0 saturated carbocycles. The normalized spacial score (nSPS) is 10.6. The van der Waals surface area contributed by atoms with E-state index < -0.39 is 0 Å². The topological polar surface area (TPSA) is 39.2 Å². The number of ketones is 1. The van der Waals surface area contributed by atoms with E-state index in [9.17, 15) is 4.79 Å². The molecule has 1 aromatic heterocycles. The number of benzene rings is 2. The first-order valence-electron chi connectivity index (χ1n) is 7.22. The van der Waals surface area contributed by atoms with Gasteiger partial charge in [-0.15, -0.1) is 0 Å². The summed E-state index contributed by atoms with van der Waals surface area (Å²) in [7, 11) is 0. The summed E-state index contributed by atoms with van der Waals surface area (Å²) in [6.07, 6.45) is 0. The summed E-state index contributed by atoms with van der Waals surface area (Å²) in [5.74, 6) is 0.778. The first kappa shape index (κ1) is 14.3. The zero-order chi connectivity index (χ0) is 15.5. The maximum Gasteiger partial charge on any atom is 0.160 e. The van der Waals surface area contributed by atoms with Gasteiger partial charge >= 0.3 is 0 Å². The first-order valence-corrected chi connectivity index (χ1v) is 7.22. The Balaban J connectivity index is 1.93. The quantitative estimate of drug-likeness (QED) is 0.672. The number of aromatic nitrogens is 1. The molecule has 0 bridgehead atoms. The maximum absolute atomic E-state index is 11.8. The van der Waals surface area contributed by atoms with Crippen LogP contribution in [0.4, 0.5) is 0 Å². The predicted octanol–water partition coefficient (Wildman–Crippen LogP) is 4.32. The number of aryl methyl sites for hydroxylation is 1. The number of rotatable bonds is 4. The average molecular weight is 291 g/mol. The van der Waals surface area contributed by atoms with Gasteiger partial charge in [0, 0.05) is 16.6 Å². The number of carbonyl (C=O) groups is 1. The van der Waals surface area contributed by atoms with Gasteiger partial charge in [0.15, 0.2) is 5.78 Å². The van der Waals surface area contributed by atoms with Gasteiger partial charge in [-0.25, -0.2) is 0 Å². The van der Waals surface area contributed by atoms with Crippen LogP contribution in [0.2, 0.25) is 0 Å². The summed E-state index contributed by atoms with van der Waals surface area (Å²) >= 11 is 0. The van der Waals surface area contributed by atoms with E-state index in [1.807, 2.05) is 61.5 Å². The molecule has 0 aliphatic carbocycles. The van der Waals surface area contributed by atoms with Crippen molar-refractivity contribution in [2.45, 2.75) is 20.5 Å². The van der Waals surface area contributed by atoms with Gasteiger partial charge in [0.05, 0.1) is 5.52 Å². The van der Waals surface area contributed by atoms with Crippen LogP contribution in [0.3, 0.4) is 0 Å². The third-order valence-electron chi connectivity index (χ3n) is 3.54. The molecule has 0 radical (unpaired) electrons. The van der Waals surface area contributed by atoms with E-state index in [4.69, 9.17) is 4.74 Å². The van der Waals surface area contributed by atoms with Crippen molar-refractivity contribution < 1.29 is 9.53 Å². The van der Waals surface area contributed by atoms with Crippen LogP contribution in [0.15, 0.2) is 54.6 Å². The van der Waals surface area contributed by atoms with Gasteiger partial charge in [0.25, 0.3) is 0 Å². The van der Waals surface area contributed by atoms with Gasteiger partial charge in [-0.3, -0.25) is 9.78 Å². The largest absolute Gasteiger partial charge is 0.489 e. The number of hydrogen-bond donors (Lipinski definition) is 0. The van der Waals surface area contributed by atoms with E-state index in [1.165, 1.54) is 0 Å². The molecule has 3 heteroatoms. The van der Waals surface area contributed by atoms with E-state index in [0.29, 0.717) is 12.2 Å². The Morgan fingerprint density at radius 3 is 2.59 bits per heavy atom. The van der Waals surface area contributed by atoms with Crippen molar-refractivity contribution in [3.8, 4) is 5.75 Å². The van der Waals surface area contributed by atoms with Crippen LogP contribution in [0.1, 0.15) is 28.5 Å². The maximum atomic E-state index is 11.8. The lowest BCUT2D eigenvalue weighted by molar-refractivity contribution is 0.101. The number of hydrogen-bond acceptors (Lipinski definition) is 3. The van der Waals surface area contributed by atoms with Gasteiger partial charge in [-0.2, -0.15) is 0 Å². The minimum absolute atomic E-state index is 0.0377. The van der Waals surface area contributed by atoms with Crippen LogP contribution >= 0.6 is 0 Å². The number of Topliss-reactive ketones (excluding diaryl/α,β-unsaturated/α-hetero) is 1. The van der Waals surface area contributed by atoms with Crippen molar-refractivity contribution in [2.24, 2.45) is 0 Å². The van der Waals surface area contributed by atoms with Crippen LogP contribution in [0.25, 0.3) is 10.9 Å². The van der Waals surface area contributed by atoms with Gasteiger partial charge in [-0.05, 0) is 43.7 Å². The van der Waals surface area contributed by atoms with Gasteiger partial charge in [0.2, 0.25) is 0 Å². The lowest BCUT2D eigenvalue weighted by Gasteiger charge is -2.09. The lowest BCUT2D eigenvalue weighted by Crippen LogP contribution is -1.99. The zero-order valence-corrected chi connectivity index (χ0v) is 12.7. The Kier molecular flexibility index (Phi) is 3.88. The molecule has 0 fully saturated rings. The third-order valence-corrected chi connectivity index (χ3v) is 3.54. The number of carbonyl (C=O) groups excluding carboxylic acids is 1. The molecule has 1 heterocycles. The van der Waals surface area contributed by atoms with Crippen LogP contribution < -0.4 is 4.74 Å². The summed E-state index contributed by atoms with van der Waals surface area (Å²) in [5, 5.41) is 0.837. The number of nitrogens with zero attached hydrogens (tertiary/aromatic N) is 1. The molecule has 110 valence electrons. The van der Waals surface area contributed by atoms with Crippen molar-refractivity contribution in [1.82, 2.24) is 4.98 Å². The van der Waals surface area contributed by atoms with Gasteiger partial charge in [-0.1, -0.05) is 30.3 Å². The Labute approximate surface area is 129 Å². The molecule has 22 heavy (non-hydrogen) atoms. The highest BCUT2D eigenvalue weighted by Gasteiger charge is 2.09. The second kappa shape index (κ2) is 5.98. The average Bonchev–Trinajstić information content (AvgIpc) is 2.53. The fourth-order valence-electron chi connectivity index (χ4n) is 2.46. The second-order valence-electron chi connectivity index (χ2n) is 5.32. The first-order chi connectivity index (χ1) is 10.6. The van der Waals surface area contributed by atoms with Crippen molar-refractivity contribution in [3.05, 3.63) is 71.4 Å². The molecule has 2 aromatic carbocycles. The minimum Gasteiger partial charge on any atom is -0.489 e. The van der Waals surface area contributed by atoms with E-state index in [0.717, 1.165) is 27.9 Å². The SMILES string of the molecule is CC(=O)c1cc(C)nc2ccc(OCc3ccccc3)cc12. The van der Waals surface area contributed by atoms with Crippen molar-refractivity contribution in [3.63, 3.8) is 0 Å². The Morgan fingerprint density at radius 1 is 1.09 bits per heavy atom. The van der Waals surface area contributed by atoms with E-state index in [-0.39, 0.29) is 5.78 Å². The molecule has 0 aliphatic heterocycles. The lowest BCUT2D eigenvalue weighted by atomic mass is 10.0. The highest BCUT2D eigenvalue weighted by atomic mass is 16.5. The van der Waals surface area contributed by atoms with Crippen LogP contribution in [0, 0.1) is 6.92 Å². The molecule has 0 amide bonds. The summed E-state index contributed by atoms with van der Waals surface area (Å²) in [6, 6.07) is 17.5. The Bertz CT molecular complexity index is 825. The Morgan fingerprint density at radius 2 is 1.86 bits per heavy atom. The molecule has 0 N–H and O–H groups in total. The van der Waals surface area contributed by atoms with E-state index in [1.54, 1.807) is 6.92 Å². The number of ether oxygens (including phenoxy) is 1. The predicted molar refractivity (Wildman–Crippen MR) is 87.3 cm³/mol. The molecule has 3 aromatic rings. The van der Waals surface area contributed by atoms with Crippen molar-refractivity contribution >= 4 is 16.7 Å². The molecule has 0 spiro atoms. The van der Waals surface area contributed by atoms with Crippen molar-refractivity contribution in [1.29, 1.82) is 0 Å². The number of fused-ring (bicyclic) bond motifs is 1. The molecule has 3 rings (SSSR count). The summed E-state index contributed by atoms with van der Waals surface area (Å²) in [5.41, 5.74) is 3.46. The molecular weight excluding hydrogens is 274 g/mol. The smallest absolute Gasteiger partial charge is 0.160 e. The molecule has 0 atom stereocenters. The molecule has 0 aliphatic rings. The fraction of sp³-hybridized carbons (Fsp3) is 0.158. The molecule has 0 unspecified atom stereocenters. The zero-order valence-electron chi connectivity index (χ0n) is 12.7. The molecule has 0 saturated heterocycles. The van der Waals surface area contributed by atoms with E-state index in [2.05, 4.69) is 4.98 Å². The van der Waals surface area contributed by atoms with Gasteiger partial charge < -0.3 is 4.74 Å². The standard InChI is InChI=1S/C19H17NO2/c1-13-10-17(14(2)21)18-11-16(8-9-19(18)20-13)22-12-15-6-4-3-5-7-15/h3-11H,12H2,1-2H3. The highest BCUT2D eigenvalue weighted by Crippen LogP contribution is 2.24. The monoisotopic (exact) mass is 291 g/mol. The highest BCUT2D eigenvalue weighted by molar-refractivity contribution is 6.06. The number of pyridine rings is 1. The minimum atomic E-state index is 0.0377.